The van der Waals surface area contributed by atoms with Gasteiger partial charge in [-0.15, -0.1) is 0 Å². The first-order valence-corrected chi connectivity index (χ1v) is 6.04. The molecule has 2 aromatic rings. The van der Waals surface area contributed by atoms with E-state index in [1.54, 1.807) is 6.20 Å². The molecule has 2 N–H and O–H groups in total. The lowest BCUT2D eigenvalue weighted by Gasteiger charge is -2.12. The molecule has 0 aliphatic heterocycles. The van der Waals surface area contributed by atoms with Gasteiger partial charge in [0.1, 0.15) is 0 Å². The number of hydrogen-bond acceptors (Lipinski definition) is 2. The minimum Gasteiger partial charge on any atom is -0.327 e. The van der Waals surface area contributed by atoms with Gasteiger partial charge in [0.05, 0.1) is 6.33 Å². The molecule has 1 aromatic carbocycles. The van der Waals surface area contributed by atoms with E-state index in [2.05, 4.69) is 37.0 Å². The van der Waals surface area contributed by atoms with E-state index in [1.807, 2.05) is 17.1 Å². The third-order valence-corrected chi connectivity index (χ3v) is 3.07. The quantitative estimate of drug-likeness (QED) is 0.875. The van der Waals surface area contributed by atoms with Gasteiger partial charge in [-0.05, 0) is 37.0 Å². The summed E-state index contributed by atoms with van der Waals surface area (Å²) in [5.41, 5.74) is 9.71. The zero-order valence-corrected chi connectivity index (χ0v) is 10.4. The van der Waals surface area contributed by atoms with Crippen LogP contribution in [0.1, 0.15) is 24.5 Å². The molecule has 0 saturated heterocycles. The third-order valence-electron chi connectivity index (χ3n) is 3.07. The van der Waals surface area contributed by atoms with E-state index < -0.39 is 0 Å². The number of imidazole rings is 1. The number of aryl methyl sites for hydroxylation is 1. The van der Waals surface area contributed by atoms with Gasteiger partial charge in [-0.25, -0.2) is 4.98 Å². The van der Waals surface area contributed by atoms with Crippen molar-refractivity contribution < 1.29 is 0 Å². The molecule has 90 valence electrons. The van der Waals surface area contributed by atoms with E-state index in [4.69, 9.17) is 5.73 Å². The molecular weight excluding hydrogens is 210 g/mol. The second-order valence-electron chi connectivity index (χ2n) is 4.46. The lowest BCUT2D eigenvalue weighted by atomic mass is 10.0. The Labute approximate surface area is 102 Å². The second kappa shape index (κ2) is 5.15. The number of hydrogen-bond donors (Lipinski definition) is 1. The van der Waals surface area contributed by atoms with Gasteiger partial charge in [0.15, 0.2) is 0 Å². The number of rotatable bonds is 4. The smallest absolute Gasteiger partial charge is 0.0991 e. The Morgan fingerprint density at radius 1 is 1.41 bits per heavy atom. The molecule has 3 nitrogen and oxygen atoms in total. The van der Waals surface area contributed by atoms with Crippen molar-refractivity contribution in [1.29, 1.82) is 0 Å². The van der Waals surface area contributed by atoms with Crippen molar-refractivity contribution in [3.8, 4) is 5.69 Å². The number of nitrogens with zero attached hydrogens (tertiary/aromatic N) is 2. The van der Waals surface area contributed by atoms with Crippen LogP contribution in [-0.2, 0) is 6.42 Å². The average molecular weight is 229 g/mol. The summed E-state index contributed by atoms with van der Waals surface area (Å²) in [5.74, 6) is 0. The highest BCUT2D eigenvalue weighted by molar-refractivity contribution is 5.42. The Morgan fingerprint density at radius 3 is 2.82 bits per heavy atom. The van der Waals surface area contributed by atoms with E-state index in [1.165, 1.54) is 16.8 Å². The van der Waals surface area contributed by atoms with Crippen LogP contribution < -0.4 is 5.73 Å². The Morgan fingerprint density at radius 2 is 2.24 bits per heavy atom. The number of aromatic nitrogens is 2. The van der Waals surface area contributed by atoms with Crippen LogP contribution >= 0.6 is 0 Å². The number of nitrogens with two attached hydrogens (primary N) is 1. The van der Waals surface area contributed by atoms with Crippen LogP contribution in [0.4, 0.5) is 0 Å². The molecule has 1 heterocycles. The summed E-state index contributed by atoms with van der Waals surface area (Å²) in [6.07, 6.45) is 7.53. The zero-order valence-electron chi connectivity index (χ0n) is 10.4. The fourth-order valence-corrected chi connectivity index (χ4v) is 1.98. The van der Waals surface area contributed by atoms with E-state index >= 15 is 0 Å². The molecule has 1 aromatic heterocycles. The molecule has 0 radical (unpaired) electrons. The van der Waals surface area contributed by atoms with Crippen molar-refractivity contribution in [1.82, 2.24) is 9.55 Å². The normalized spacial score (nSPS) is 12.6. The van der Waals surface area contributed by atoms with Gasteiger partial charge in [0.2, 0.25) is 0 Å². The van der Waals surface area contributed by atoms with Gasteiger partial charge in [0, 0.05) is 24.1 Å². The molecule has 0 fully saturated rings. The average Bonchev–Trinajstić information content (AvgIpc) is 2.82. The van der Waals surface area contributed by atoms with Gasteiger partial charge in [-0.2, -0.15) is 0 Å². The van der Waals surface area contributed by atoms with Crippen LogP contribution in [0.5, 0.6) is 0 Å². The molecule has 0 saturated carbocycles. The molecule has 0 aliphatic carbocycles. The largest absolute Gasteiger partial charge is 0.327 e. The Kier molecular flexibility index (Phi) is 3.59. The molecule has 1 unspecified atom stereocenters. The summed E-state index contributed by atoms with van der Waals surface area (Å²) in [7, 11) is 0. The van der Waals surface area contributed by atoms with Gasteiger partial charge in [0.25, 0.3) is 0 Å². The summed E-state index contributed by atoms with van der Waals surface area (Å²) in [6, 6.07) is 6.76. The van der Waals surface area contributed by atoms with Crippen molar-refractivity contribution in [3.05, 3.63) is 48.0 Å². The van der Waals surface area contributed by atoms with Gasteiger partial charge in [-0.1, -0.05) is 19.1 Å². The summed E-state index contributed by atoms with van der Waals surface area (Å²) >= 11 is 0. The molecule has 0 aliphatic rings. The van der Waals surface area contributed by atoms with E-state index in [0.717, 1.165) is 12.8 Å². The van der Waals surface area contributed by atoms with Crippen molar-refractivity contribution in [2.45, 2.75) is 32.7 Å². The fourth-order valence-electron chi connectivity index (χ4n) is 1.98. The standard InChI is InChI=1S/C14H19N3/c1-3-13(15)9-12-4-5-14(11(2)8-12)17-7-6-16-10-17/h4-8,10,13H,3,9,15H2,1-2H3. The summed E-state index contributed by atoms with van der Waals surface area (Å²) in [6.45, 7) is 4.24. The Hall–Kier alpha value is -1.61. The highest BCUT2D eigenvalue weighted by atomic mass is 15.0. The Bertz CT molecular complexity index is 474. The molecule has 1 atom stereocenters. The van der Waals surface area contributed by atoms with Gasteiger partial charge in [-0.3, -0.25) is 0 Å². The molecule has 0 spiro atoms. The van der Waals surface area contributed by atoms with Crippen molar-refractivity contribution in [2.24, 2.45) is 5.73 Å². The first-order valence-electron chi connectivity index (χ1n) is 6.04. The van der Waals surface area contributed by atoms with Crippen LogP contribution in [0.15, 0.2) is 36.9 Å². The second-order valence-corrected chi connectivity index (χ2v) is 4.46. The van der Waals surface area contributed by atoms with E-state index in [-0.39, 0.29) is 6.04 Å². The minimum atomic E-state index is 0.258. The summed E-state index contributed by atoms with van der Waals surface area (Å²) in [5, 5.41) is 0. The summed E-state index contributed by atoms with van der Waals surface area (Å²) in [4.78, 5) is 4.07. The lowest BCUT2D eigenvalue weighted by molar-refractivity contribution is 0.646. The summed E-state index contributed by atoms with van der Waals surface area (Å²) < 4.78 is 2.03. The van der Waals surface area contributed by atoms with Gasteiger partial charge >= 0.3 is 0 Å². The molecule has 2 rings (SSSR count). The highest BCUT2D eigenvalue weighted by Gasteiger charge is 2.05. The van der Waals surface area contributed by atoms with Crippen molar-refractivity contribution in [2.75, 3.05) is 0 Å². The van der Waals surface area contributed by atoms with E-state index in [0.29, 0.717) is 0 Å². The molecular formula is C14H19N3. The monoisotopic (exact) mass is 229 g/mol. The molecule has 3 heteroatoms. The molecule has 0 bridgehead atoms. The minimum absolute atomic E-state index is 0.258. The lowest BCUT2D eigenvalue weighted by Crippen LogP contribution is -2.21. The maximum absolute atomic E-state index is 5.97. The first kappa shape index (κ1) is 11.9. The Balaban J connectivity index is 2.23. The molecule has 0 amide bonds. The van der Waals surface area contributed by atoms with Crippen LogP contribution in [-0.4, -0.2) is 15.6 Å². The topological polar surface area (TPSA) is 43.8 Å². The van der Waals surface area contributed by atoms with Crippen molar-refractivity contribution in [3.63, 3.8) is 0 Å². The van der Waals surface area contributed by atoms with Crippen LogP contribution in [0.2, 0.25) is 0 Å². The predicted octanol–water partition coefficient (Wildman–Crippen LogP) is 2.46. The molecule has 17 heavy (non-hydrogen) atoms. The zero-order chi connectivity index (χ0) is 12.3. The van der Waals surface area contributed by atoms with Crippen LogP contribution in [0.25, 0.3) is 5.69 Å². The maximum Gasteiger partial charge on any atom is 0.0991 e. The SMILES string of the molecule is CCC(N)Cc1ccc(-n2ccnc2)c(C)c1. The maximum atomic E-state index is 5.97. The number of benzene rings is 1. The highest BCUT2D eigenvalue weighted by Crippen LogP contribution is 2.16. The predicted molar refractivity (Wildman–Crippen MR) is 70.3 cm³/mol. The van der Waals surface area contributed by atoms with Crippen LogP contribution in [0, 0.1) is 6.92 Å². The van der Waals surface area contributed by atoms with Crippen molar-refractivity contribution >= 4 is 0 Å². The van der Waals surface area contributed by atoms with E-state index in [9.17, 15) is 0 Å². The van der Waals surface area contributed by atoms with Crippen LogP contribution in [0.3, 0.4) is 0 Å². The fraction of sp³-hybridized carbons (Fsp3) is 0.357. The first-order chi connectivity index (χ1) is 8.20. The van der Waals surface area contributed by atoms with Gasteiger partial charge < -0.3 is 10.3 Å². The third kappa shape index (κ3) is 2.74.